The lowest BCUT2D eigenvalue weighted by molar-refractivity contribution is 0.0746. The van der Waals surface area contributed by atoms with Crippen LogP contribution in [-0.4, -0.2) is 27.3 Å². The number of carbonyl (C=O) groups is 1. The highest BCUT2D eigenvalue weighted by atomic mass is 16.2. The first-order valence-corrected chi connectivity index (χ1v) is 8.70. The van der Waals surface area contributed by atoms with Crippen LogP contribution in [0.1, 0.15) is 28.5 Å². The Morgan fingerprint density at radius 3 is 2.27 bits per heavy atom. The number of hydrogen-bond acceptors (Lipinski definition) is 4. The zero-order valence-electron chi connectivity index (χ0n) is 14.8. The number of nitrogens with zero attached hydrogens (tertiary/aromatic N) is 3. The van der Waals surface area contributed by atoms with Crippen molar-refractivity contribution >= 4 is 11.9 Å². The summed E-state index contributed by atoms with van der Waals surface area (Å²) in [5, 5.41) is 3.17. The quantitative estimate of drug-likeness (QED) is 0.708. The van der Waals surface area contributed by atoms with E-state index in [-0.39, 0.29) is 5.91 Å². The maximum Gasteiger partial charge on any atom is 0.272 e. The zero-order valence-corrected chi connectivity index (χ0v) is 14.8. The number of hydrogen-bond donors (Lipinski definition) is 1. The van der Waals surface area contributed by atoms with Crippen molar-refractivity contribution in [2.75, 3.05) is 11.9 Å². The molecule has 132 valence electrons. The molecule has 0 aliphatic carbocycles. The van der Waals surface area contributed by atoms with Gasteiger partial charge in [0.2, 0.25) is 5.95 Å². The van der Waals surface area contributed by atoms with Crippen LogP contribution in [0.25, 0.3) is 0 Å². The van der Waals surface area contributed by atoms with Gasteiger partial charge in [-0.15, -0.1) is 0 Å². The van der Waals surface area contributed by atoms with Gasteiger partial charge in [0.15, 0.2) is 0 Å². The normalized spacial score (nSPS) is 10.3. The number of carbonyl (C=O) groups excluding carboxylic acids is 1. The highest BCUT2D eigenvalue weighted by Crippen LogP contribution is 2.10. The monoisotopic (exact) mass is 346 g/mol. The molecule has 1 heterocycles. The molecule has 0 atom stereocenters. The molecule has 0 saturated heterocycles. The highest BCUT2D eigenvalue weighted by Gasteiger charge is 2.16. The van der Waals surface area contributed by atoms with Crippen molar-refractivity contribution in [3.63, 3.8) is 0 Å². The maximum absolute atomic E-state index is 12.8. The molecule has 0 unspecified atom stereocenters. The number of aromatic nitrogens is 2. The molecule has 2 aromatic carbocycles. The molecule has 0 bridgehead atoms. The van der Waals surface area contributed by atoms with Gasteiger partial charge in [0, 0.05) is 25.8 Å². The summed E-state index contributed by atoms with van der Waals surface area (Å²) in [6.07, 6.45) is 1.61. The molecule has 26 heavy (non-hydrogen) atoms. The highest BCUT2D eigenvalue weighted by molar-refractivity contribution is 5.92. The molecule has 0 aliphatic rings. The predicted molar refractivity (Wildman–Crippen MR) is 103 cm³/mol. The molecule has 1 amide bonds. The lowest BCUT2D eigenvalue weighted by atomic mass is 10.2. The molecule has 5 nitrogen and oxygen atoms in total. The maximum atomic E-state index is 12.8. The molecular weight excluding hydrogens is 324 g/mol. The van der Waals surface area contributed by atoms with E-state index in [4.69, 9.17) is 0 Å². The first-order chi connectivity index (χ1) is 12.8. The summed E-state index contributed by atoms with van der Waals surface area (Å²) >= 11 is 0. The van der Waals surface area contributed by atoms with Crippen molar-refractivity contribution in [3.05, 3.63) is 89.7 Å². The van der Waals surface area contributed by atoms with Gasteiger partial charge in [-0.3, -0.25) is 4.79 Å². The van der Waals surface area contributed by atoms with Crippen LogP contribution < -0.4 is 5.32 Å². The van der Waals surface area contributed by atoms with E-state index in [0.29, 0.717) is 31.3 Å². The largest absolute Gasteiger partial charge is 0.350 e. The van der Waals surface area contributed by atoms with Crippen LogP contribution in [0, 0.1) is 0 Å². The van der Waals surface area contributed by atoms with Gasteiger partial charge in [-0.25, -0.2) is 9.97 Å². The Balaban J connectivity index is 1.68. The number of nitrogens with one attached hydrogen (secondary N) is 1. The topological polar surface area (TPSA) is 58.1 Å². The van der Waals surface area contributed by atoms with Gasteiger partial charge in [-0.1, -0.05) is 60.7 Å². The second-order valence-corrected chi connectivity index (χ2v) is 5.91. The molecule has 1 aromatic heterocycles. The fourth-order valence-electron chi connectivity index (χ4n) is 2.63. The summed E-state index contributed by atoms with van der Waals surface area (Å²) in [5.74, 6) is 0.358. The first-order valence-electron chi connectivity index (χ1n) is 8.70. The second kappa shape index (κ2) is 8.76. The number of amides is 1. The van der Waals surface area contributed by atoms with Gasteiger partial charge < -0.3 is 10.2 Å². The molecule has 0 radical (unpaired) electrons. The van der Waals surface area contributed by atoms with E-state index >= 15 is 0 Å². The van der Waals surface area contributed by atoms with Crippen molar-refractivity contribution < 1.29 is 4.79 Å². The Hall–Kier alpha value is -3.21. The first kappa shape index (κ1) is 17.6. The van der Waals surface area contributed by atoms with E-state index in [0.717, 1.165) is 11.1 Å². The van der Waals surface area contributed by atoms with Gasteiger partial charge in [0.25, 0.3) is 5.91 Å². The molecule has 0 spiro atoms. The van der Waals surface area contributed by atoms with Crippen molar-refractivity contribution in [3.8, 4) is 0 Å². The van der Waals surface area contributed by atoms with Crippen molar-refractivity contribution in [1.82, 2.24) is 14.9 Å². The fourth-order valence-corrected chi connectivity index (χ4v) is 2.63. The van der Waals surface area contributed by atoms with E-state index in [1.807, 2.05) is 67.6 Å². The van der Waals surface area contributed by atoms with Gasteiger partial charge >= 0.3 is 0 Å². The number of anilines is 1. The van der Waals surface area contributed by atoms with Gasteiger partial charge in [-0.2, -0.15) is 0 Å². The number of benzene rings is 2. The second-order valence-electron chi connectivity index (χ2n) is 5.91. The Morgan fingerprint density at radius 2 is 1.62 bits per heavy atom. The summed E-state index contributed by atoms with van der Waals surface area (Å²) in [6, 6.07) is 21.6. The standard InChI is InChI=1S/C21H22N4O/c1-2-25(16-18-11-7-4-8-12-18)20(26)19-13-14-22-21(24-19)23-15-17-9-5-3-6-10-17/h3-14H,2,15-16H2,1H3,(H,22,23,24). The Kier molecular flexibility index (Phi) is 5.93. The summed E-state index contributed by atoms with van der Waals surface area (Å²) in [7, 11) is 0. The number of rotatable bonds is 7. The molecule has 5 heteroatoms. The van der Waals surface area contributed by atoms with Crippen LogP contribution in [0.2, 0.25) is 0 Å². The lowest BCUT2D eigenvalue weighted by Crippen LogP contribution is -2.31. The SMILES string of the molecule is CCN(Cc1ccccc1)C(=O)c1ccnc(NCc2ccccc2)n1. The van der Waals surface area contributed by atoms with Crippen LogP contribution in [0.15, 0.2) is 72.9 Å². The summed E-state index contributed by atoms with van der Waals surface area (Å²) < 4.78 is 0. The average Bonchev–Trinajstić information content (AvgIpc) is 2.72. The van der Waals surface area contributed by atoms with E-state index in [9.17, 15) is 4.79 Å². The Morgan fingerprint density at radius 1 is 0.962 bits per heavy atom. The third-order valence-corrected chi connectivity index (χ3v) is 4.05. The molecule has 3 rings (SSSR count). The van der Waals surface area contributed by atoms with Crippen molar-refractivity contribution in [1.29, 1.82) is 0 Å². The van der Waals surface area contributed by atoms with Crippen LogP contribution >= 0.6 is 0 Å². The Labute approximate surface area is 153 Å². The van der Waals surface area contributed by atoms with Crippen molar-refractivity contribution in [2.45, 2.75) is 20.0 Å². The van der Waals surface area contributed by atoms with Gasteiger partial charge in [0.05, 0.1) is 0 Å². The third kappa shape index (κ3) is 4.66. The van der Waals surface area contributed by atoms with Crippen LogP contribution in [-0.2, 0) is 13.1 Å². The molecular formula is C21H22N4O. The van der Waals surface area contributed by atoms with Crippen LogP contribution in [0.3, 0.4) is 0 Å². The molecule has 0 saturated carbocycles. The van der Waals surface area contributed by atoms with E-state index in [1.165, 1.54) is 0 Å². The molecule has 3 aromatic rings. The van der Waals surface area contributed by atoms with E-state index < -0.39 is 0 Å². The summed E-state index contributed by atoms with van der Waals surface area (Å²) in [6.45, 7) is 3.76. The fraction of sp³-hybridized carbons (Fsp3) is 0.190. The molecule has 0 fully saturated rings. The average molecular weight is 346 g/mol. The lowest BCUT2D eigenvalue weighted by Gasteiger charge is -2.20. The predicted octanol–water partition coefficient (Wildman–Crippen LogP) is 3.75. The third-order valence-electron chi connectivity index (χ3n) is 4.05. The van der Waals surface area contributed by atoms with Crippen LogP contribution in [0.4, 0.5) is 5.95 Å². The zero-order chi connectivity index (χ0) is 18.2. The molecule has 0 aliphatic heterocycles. The van der Waals surface area contributed by atoms with Gasteiger partial charge in [0.1, 0.15) is 5.69 Å². The van der Waals surface area contributed by atoms with Crippen molar-refractivity contribution in [2.24, 2.45) is 0 Å². The molecule has 1 N–H and O–H groups in total. The summed E-state index contributed by atoms with van der Waals surface area (Å²) in [4.78, 5) is 23.2. The minimum atomic E-state index is -0.0958. The Bertz CT molecular complexity index is 837. The smallest absolute Gasteiger partial charge is 0.272 e. The van der Waals surface area contributed by atoms with Crippen LogP contribution in [0.5, 0.6) is 0 Å². The minimum Gasteiger partial charge on any atom is -0.350 e. The summed E-state index contributed by atoms with van der Waals surface area (Å²) in [5.41, 5.74) is 2.62. The minimum absolute atomic E-state index is 0.0958. The van der Waals surface area contributed by atoms with Gasteiger partial charge in [-0.05, 0) is 24.1 Å². The van der Waals surface area contributed by atoms with E-state index in [1.54, 1.807) is 17.2 Å². The van der Waals surface area contributed by atoms with E-state index in [2.05, 4.69) is 15.3 Å².